The Morgan fingerprint density at radius 3 is 2.90 bits per heavy atom. The largest absolute Gasteiger partial charge is 0.383 e. The number of ether oxygens (including phenoxy) is 1. The van der Waals surface area contributed by atoms with Crippen LogP contribution in [0.1, 0.15) is 22.9 Å². The number of aromatic nitrogens is 2. The molecule has 1 aromatic carbocycles. The fourth-order valence-electron chi connectivity index (χ4n) is 2.00. The zero-order chi connectivity index (χ0) is 14.7. The molecule has 0 aliphatic carbocycles. The van der Waals surface area contributed by atoms with Crippen molar-refractivity contribution in [3.63, 3.8) is 0 Å². The Balaban J connectivity index is 2.34. The Labute approximate surface area is 132 Å². The summed E-state index contributed by atoms with van der Waals surface area (Å²) in [5.74, 6) is 0. The maximum absolute atomic E-state index is 6.36. The summed E-state index contributed by atoms with van der Waals surface area (Å²) in [5, 5.41) is 5.04. The quantitative estimate of drug-likeness (QED) is 0.892. The second-order valence-corrected chi connectivity index (χ2v) is 5.84. The molecule has 1 atom stereocenters. The first kappa shape index (κ1) is 15.5. The lowest BCUT2D eigenvalue weighted by Crippen LogP contribution is -2.19. The molecule has 0 fully saturated rings. The van der Waals surface area contributed by atoms with Gasteiger partial charge in [-0.1, -0.05) is 23.7 Å². The van der Waals surface area contributed by atoms with Gasteiger partial charge in [0.05, 0.1) is 35.6 Å². The van der Waals surface area contributed by atoms with E-state index in [1.54, 1.807) is 13.3 Å². The predicted molar refractivity (Wildman–Crippen MR) is 84.0 cm³/mol. The molecule has 2 N–H and O–H groups in total. The fraction of sp³-hybridized carbons (Fsp3) is 0.357. The highest BCUT2D eigenvalue weighted by Crippen LogP contribution is 2.29. The van der Waals surface area contributed by atoms with Gasteiger partial charge in [-0.05, 0) is 40.0 Å². The Morgan fingerprint density at radius 1 is 1.50 bits per heavy atom. The highest BCUT2D eigenvalue weighted by atomic mass is 79.9. The summed E-state index contributed by atoms with van der Waals surface area (Å²) in [6.45, 7) is 3.21. The summed E-state index contributed by atoms with van der Waals surface area (Å²) in [4.78, 5) is 0. The van der Waals surface area contributed by atoms with Crippen molar-refractivity contribution in [1.82, 2.24) is 9.78 Å². The molecule has 2 aromatic rings. The lowest BCUT2D eigenvalue weighted by atomic mass is 10.0. The maximum Gasteiger partial charge on any atom is 0.0739 e. The molecule has 20 heavy (non-hydrogen) atoms. The third kappa shape index (κ3) is 3.23. The Kier molecular flexibility index (Phi) is 5.21. The second kappa shape index (κ2) is 6.72. The van der Waals surface area contributed by atoms with Crippen LogP contribution in [-0.2, 0) is 11.3 Å². The van der Waals surface area contributed by atoms with Gasteiger partial charge in [-0.15, -0.1) is 0 Å². The van der Waals surface area contributed by atoms with E-state index < -0.39 is 0 Å². The molecular formula is C14H17BrClN3O. The summed E-state index contributed by atoms with van der Waals surface area (Å²) in [6, 6.07) is 5.58. The topological polar surface area (TPSA) is 53.1 Å². The van der Waals surface area contributed by atoms with E-state index in [-0.39, 0.29) is 6.04 Å². The second-order valence-electron chi connectivity index (χ2n) is 4.58. The van der Waals surface area contributed by atoms with Gasteiger partial charge in [0.1, 0.15) is 0 Å². The van der Waals surface area contributed by atoms with Crippen LogP contribution in [0.4, 0.5) is 0 Å². The zero-order valence-electron chi connectivity index (χ0n) is 11.4. The van der Waals surface area contributed by atoms with E-state index in [1.165, 1.54) is 0 Å². The molecule has 1 heterocycles. The fourth-order valence-corrected chi connectivity index (χ4v) is 2.73. The number of hydrogen-bond acceptors (Lipinski definition) is 3. The average Bonchev–Trinajstić information content (AvgIpc) is 2.80. The van der Waals surface area contributed by atoms with Gasteiger partial charge in [-0.3, -0.25) is 4.68 Å². The van der Waals surface area contributed by atoms with Crippen molar-refractivity contribution in [1.29, 1.82) is 0 Å². The van der Waals surface area contributed by atoms with E-state index in [0.29, 0.717) is 13.2 Å². The third-order valence-corrected chi connectivity index (χ3v) is 4.21. The minimum absolute atomic E-state index is 0.290. The van der Waals surface area contributed by atoms with E-state index >= 15 is 0 Å². The standard InChI is InChI=1S/C14H17BrClN3O/c1-9-3-4-10(7-12(9)16)13(17)14-11(15)8-18-19(14)5-6-20-2/h3-4,7-8,13H,5-6,17H2,1-2H3. The lowest BCUT2D eigenvalue weighted by molar-refractivity contribution is 0.182. The molecule has 1 aromatic heterocycles. The number of rotatable bonds is 5. The van der Waals surface area contributed by atoms with Crippen molar-refractivity contribution >= 4 is 27.5 Å². The van der Waals surface area contributed by atoms with Crippen LogP contribution in [0.5, 0.6) is 0 Å². The lowest BCUT2D eigenvalue weighted by Gasteiger charge is -2.16. The molecule has 0 aliphatic heterocycles. The van der Waals surface area contributed by atoms with Crippen molar-refractivity contribution in [2.24, 2.45) is 5.73 Å². The van der Waals surface area contributed by atoms with Gasteiger partial charge in [0.2, 0.25) is 0 Å². The van der Waals surface area contributed by atoms with Crippen molar-refractivity contribution < 1.29 is 4.74 Å². The van der Waals surface area contributed by atoms with Gasteiger partial charge in [0.15, 0.2) is 0 Å². The van der Waals surface area contributed by atoms with Gasteiger partial charge < -0.3 is 10.5 Å². The number of benzene rings is 1. The van der Waals surface area contributed by atoms with E-state index in [1.807, 2.05) is 29.8 Å². The molecule has 0 bridgehead atoms. The number of nitrogens with two attached hydrogens (primary N) is 1. The molecule has 2 rings (SSSR count). The molecule has 0 saturated heterocycles. The number of halogens is 2. The van der Waals surface area contributed by atoms with E-state index in [0.717, 1.165) is 26.3 Å². The Hall–Kier alpha value is -0.880. The van der Waals surface area contributed by atoms with Gasteiger partial charge in [0, 0.05) is 12.1 Å². The van der Waals surface area contributed by atoms with Gasteiger partial charge in [-0.2, -0.15) is 5.10 Å². The predicted octanol–water partition coefficient (Wildman–Crippen LogP) is 3.30. The summed E-state index contributed by atoms with van der Waals surface area (Å²) >= 11 is 9.68. The van der Waals surface area contributed by atoms with Crippen molar-refractivity contribution in [3.05, 3.63) is 50.7 Å². The van der Waals surface area contributed by atoms with Crippen LogP contribution in [0, 0.1) is 6.92 Å². The van der Waals surface area contributed by atoms with Crippen LogP contribution in [0.2, 0.25) is 5.02 Å². The molecule has 0 saturated carbocycles. The van der Waals surface area contributed by atoms with Gasteiger partial charge >= 0.3 is 0 Å². The molecule has 0 spiro atoms. The smallest absolute Gasteiger partial charge is 0.0739 e. The summed E-state index contributed by atoms with van der Waals surface area (Å²) < 4.78 is 7.83. The summed E-state index contributed by atoms with van der Waals surface area (Å²) in [6.07, 6.45) is 1.75. The van der Waals surface area contributed by atoms with Crippen LogP contribution in [0.3, 0.4) is 0 Å². The van der Waals surface area contributed by atoms with Crippen LogP contribution in [0.15, 0.2) is 28.9 Å². The first-order valence-corrected chi connectivity index (χ1v) is 7.43. The SMILES string of the molecule is COCCn1ncc(Br)c1C(N)c1ccc(C)c(Cl)c1. The van der Waals surface area contributed by atoms with Crippen LogP contribution in [-0.4, -0.2) is 23.5 Å². The summed E-state index contributed by atoms with van der Waals surface area (Å²) in [5.41, 5.74) is 9.28. The molecule has 1 unspecified atom stereocenters. The molecule has 0 amide bonds. The third-order valence-electron chi connectivity index (χ3n) is 3.19. The van der Waals surface area contributed by atoms with E-state index in [4.69, 9.17) is 22.1 Å². The highest BCUT2D eigenvalue weighted by molar-refractivity contribution is 9.10. The Morgan fingerprint density at radius 2 is 2.25 bits per heavy atom. The number of nitrogens with zero attached hydrogens (tertiary/aromatic N) is 2. The van der Waals surface area contributed by atoms with Gasteiger partial charge in [-0.25, -0.2) is 0 Å². The maximum atomic E-state index is 6.36. The monoisotopic (exact) mass is 357 g/mol. The first-order valence-electron chi connectivity index (χ1n) is 6.26. The Bertz CT molecular complexity index is 600. The van der Waals surface area contributed by atoms with Crippen molar-refractivity contribution in [3.8, 4) is 0 Å². The first-order chi connectivity index (χ1) is 9.54. The zero-order valence-corrected chi connectivity index (χ0v) is 13.8. The average molecular weight is 359 g/mol. The molecule has 4 nitrogen and oxygen atoms in total. The van der Waals surface area contributed by atoms with Crippen LogP contribution < -0.4 is 5.73 Å². The number of methoxy groups -OCH3 is 1. The molecular weight excluding hydrogens is 342 g/mol. The van der Waals surface area contributed by atoms with E-state index in [2.05, 4.69) is 21.0 Å². The van der Waals surface area contributed by atoms with E-state index in [9.17, 15) is 0 Å². The minimum Gasteiger partial charge on any atom is -0.383 e. The normalized spacial score (nSPS) is 12.7. The number of hydrogen-bond donors (Lipinski definition) is 1. The van der Waals surface area contributed by atoms with Gasteiger partial charge in [0.25, 0.3) is 0 Å². The summed E-state index contributed by atoms with van der Waals surface area (Å²) in [7, 11) is 1.66. The number of aryl methyl sites for hydroxylation is 1. The molecule has 0 aliphatic rings. The minimum atomic E-state index is -0.290. The van der Waals surface area contributed by atoms with Crippen molar-refractivity contribution in [2.75, 3.05) is 13.7 Å². The van der Waals surface area contributed by atoms with Crippen LogP contribution >= 0.6 is 27.5 Å². The van der Waals surface area contributed by atoms with Crippen LogP contribution in [0.25, 0.3) is 0 Å². The highest BCUT2D eigenvalue weighted by Gasteiger charge is 2.18. The molecule has 6 heteroatoms. The molecule has 0 radical (unpaired) electrons. The van der Waals surface area contributed by atoms with Crippen molar-refractivity contribution in [2.45, 2.75) is 19.5 Å². The molecule has 108 valence electrons.